The van der Waals surface area contributed by atoms with Crippen LogP contribution < -0.4 is 20.3 Å². The average Bonchev–Trinajstić information content (AvgIpc) is 2.73. The van der Waals surface area contributed by atoms with E-state index in [9.17, 15) is 9.59 Å². The summed E-state index contributed by atoms with van der Waals surface area (Å²) >= 11 is 0. The fourth-order valence-corrected chi connectivity index (χ4v) is 2.75. The van der Waals surface area contributed by atoms with E-state index in [0.717, 1.165) is 16.5 Å². The Balaban J connectivity index is 1.57. The average molecular weight is 378 g/mol. The van der Waals surface area contributed by atoms with Gasteiger partial charge < -0.3 is 9.47 Å². The number of carbonyl (C=O) groups excluding carboxylic acids is 2. The number of ether oxygens (including phenoxy) is 2. The number of hydrogen-bond acceptors (Lipinski definition) is 4. The zero-order valence-electron chi connectivity index (χ0n) is 15.8. The summed E-state index contributed by atoms with van der Waals surface area (Å²) in [5.41, 5.74) is 5.34. The van der Waals surface area contributed by atoms with Crippen LogP contribution in [0.2, 0.25) is 0 Å². The molecule has 144 valence electrons. The number of benzene rings is 3. The summed E-state index contributed by atoms with van der Waals surface area (Å²) < 4.78 is 11.0. The molecule has 1 unspecified atom stereocenters. The second-order valence-corrected chi connectivity index (χ2v) is 6.13. The van der Waals surface area contributed by atoms with Crippen molar-refractivity contribution in [3.63, 3.8) is 0 Å². The molecule has 2 N–H and O–H groups in total. The highest BCUT2D eigenvalue weighted by atomic mass is 16.5. The second kappa shape index (κ2) is 8.90. The maximum absolute atomic E-state index is 12.5. The molecule has 2 amide bonds. The lowest BCUT2D eigenvalue weighted by molar-refractivity contribution is -0.128. The molecular weight excluding hydrogens is 356 g/mol. The monoisotopic (exact) mass is 378 g/mol. The van der Waals surface area contributed by atoms with Crippen LogP contribution in [0.25, 0.3) is 10.8 Å². The van der Waals surface area contributed by atoms with Gasteiger partial charge in [0.05, 0.1) is 6.61 Å². The zero-order valence-corrected chi connectivity index (χ0v) is 15.8. The Hall–Kier alpha value is -3.54. The Morgan fingerprint density at radius 1 is 0.893 bits per heavy atom. The Labute approximate surface area is 163 Å². The summed E-state index contributed by atoms with van der Waals surface area (Å²) in [5, 5.41) is 1.77. The Kier molecular flexibility index (Phi) is 6.11. The molecule has 3 aromatic carbocycles. The van der Waals surface area contributed by atoms with Gasteiger partial charge in [-0.3, -0.25) is 20.4 Å². The van der Waals surface area contributed by atoms with Crippen molar-refractivity contribution in [1.29, 1.82) is 0 Å². The first-order valence-corrected chi connectivity index (χ1v) is 9.06. The van der Waals surface area contributed by atoms with Gasteiger partial charge in [0.2, 0.25) is 0 Å². The Morgan fingerprint density at radius 3 is 2.32 bits per heavy atom. The third kappa shape index (κ3) is 4.59. The molecule has 0 bridgehead atoms. The van der Waals surface area contributed by atoms with Crippen LogP contribution in [-0.2, 0) is 4.79 Å². The van der Waals surface area contributed by atoms with Gasteiger partial charge in [-0.2, -0.15) is 0 Å². The van der Waals surface area contributed by atoms with Gasteiger partial charge in [0.25, 0.3) is 11.8 Å². The van der Waals surface area contributed by atoms with E-state index in [1.807, 2.05) is 37.3 Å². The summed E-state index contributed by atoms with van der Waals surface area (Å²) in [7, 11) is 0. The number of amides is 2. The van der Waals surface area contributed by atoms with Crippen LogP contribution in [0.15, 0.2) is 66.7 Å². The summed E-state index contributed by atoms with van der Waals surface area (Å²) in [6.45, 7) is 4.09. The summed E-state index contributed by atoms with van der Waals surface area (Å²) in [4.78, 5) is 24.7. The van der Waals surface area contributed by atoms with E-state index in [-0.39, 0.29) is 0 Å². The first-order chi connectivity index (χ1) is 13.6. The SMILES string of the molecule is CCOc1ccc(OC(C)C(=O)NNC(=O)c2cccc3ccccc23)cc1. The van der Waals surface area contributed by atoms with Crippen LogP contribution in [0, 0.1) is 0 Å². The summed E-state index contributed by atoms with van der Waals surface area (Å²) in [6.07, 6.45) is -0.786. The van der Waals surface area contributed by atoms with Crippen molar-refractivity contribution >= 4 is 22.6 Å². The van der Waals surface area contributed by atoms with E-state index in [0.29, 0.717) is 17.9 Å². The predicted octanol–water partition coefficient (Wildman–Crippen LogP) is 3.47. The molecular formula is C22H22N2O4. The third-order valence-electron chi connectivity index (χ3n) is 4.15. The second-order valence-electron chi connectivity index (χ2n) is 6.13. The van der Waals surface area contributed by atoms with Gasteiger partial charge in [-0.1, -0.05) is 36.4 Å². The zero-order chi connectivity index (χ0) is 19.9. The molecule has 28 heavy (non-hydrogen) atoms. The molecule has 0 aliphatic rings. The van der Waals surface area contributed by atoms with Gasteiger partial charge in [0, 0.05) is 5.56 Å². The number of fused-ring (bicyclic) bond motifs is 1. The molecule has 0 heterocycles. The van der Waals surface area contributed by atoms with E-state index < -0.39 is 17.9 Å². The van der Waals surface area contributed by atoms with E-state index in [2.05, 4.69) is 10.9 Å². The van der Waals surface area contributed by atoms with Crippen LogP contribution in [0.3, 0.4) is 0 Å². The van der Waals surface area contributed by atoms with Crippen molar-refractivity contribution in [2.75, 3.05) is 6.61 Å². The van der Waals surface area contributed by atoms with Gasteiger partial charge in [0.1, 0.15) is 11.5 Å². The number of hydrazine groups is 1. The molecule has 3 rings (SSSR count). The van der Waals surface area contributed by atoms with Crippen molar-refractivity contribution in [3.8, 4) is 11.5 Å². The van der Waals surface area contributed by atoms with Crippen LogP contribution in [0.5, 0.6) is 11.5 Å². The fraction of sp³-hybridized carbons (Fsp3) is 0.182. The van der Waals surface area contributed by atoms with Crippen LogP contribution >= 0.6 is 0 Å². The molecule has 0 aromatic heterocycles. The number of nitrogens with one attached hydrogen (secondary N) is 2. The van der Waals surface area contributed by atoms with Gasteiger partial charge in [0.15, 0.2) is 6.10 Å². The van der Waals surface area contributed by atoms with Crippen molar-refractivity contribution < 1.29 is 19.1 Å². The maximum atomic E-state index is 12.5. The minimum atomic E-state index is -0.786. The quantitative estimate of drug-likeness (QED) is 0.644. The first-order valence-electron chi connectivity index (χ1n) is 9.06. The molecule has 0 radical (unpaired) electrons. The minimum absolute atomic E-state index is 0.390. The van der Waals surface area contributed by atoms with E-state index in [1.54, 1.807) is 43.3 Å². The molecule has 0 saturated heterocycles. The van der Waals surface area contributed by atoms with Crippen LogP contribution in [-0.4, -0.2) is 24.5 Å². The number of rotatable bonds is 6. The fourth-order valence-electron chi connectivity index (χ4n) is 2.75. The van der Waals surface area contributed by atoms with Crippen LogP contribution in [0.4, 0.5) is 0 Å². The smallest absolute Gasteiger partial charge is 0.279 e. The Morgan fingerprint density at radius 2 is 1.57 bits per heavy atom. The first kappa shape index (κ1) is 19.2. The largest absolute Gasteiger partial charge is 0.494 e. The molecule has 6 heteroatoms. The normalized spacial score (nSPS) is 11.5. The van der Waals surface area contributed by atoms with Gasteiger partial charge in [-0.15, -0.1) is 0 Å². The summed E-state index contributed by atoms with van der Waals surface area (Å²) in [5.74, 6) is 0.418. The van der Waals surface area contributed by atoms with Crippen molar-refractivity contribution in [2.45, 2.75) is 20.0 Å². The highest BCUT2D eigenvalue weighted by molar-refractivity contribution is 6.07. The van der Waals surface area contributed by atoms with Gasteiger partial charge in [-0.25, -0.2) is 0 Å². The van der Waals surface area contributed by atoms with Crippen LogP contribution in [0.1, 0.15) is 24.2 Å². The highest BCUT2D eigenvalue weighted by Gasteiger charge is 2.16. The maximum Gasteiger partial charge on any atom is 0.279 e. The topological polar surface area (TPSA) is 76.7 Å². The third-order valence-corrected chi connectivity index (χ3v) is 4.15. The van der Waals surface area contributed by atoms with Crippen molar-refractivity contribution in [1.82, 2.24) is 10.9 Å². The molecule has 3 aromatic rings. The standard InChI is InChI=1S/C22H22N2O4/c1-3-27-17-11-13-18(14-12-17)28-15(2)21(25)23-24-22(26)20-10-6-8-16-7-4-5-9-19(16)20/h4-15H,3H2,1-2H3,(H,23,25)(H,24,26). The lowest BCUT2D eigenvalue weighted by atomic mass is 10.0. The highest BCUT2D eigenvalue weighted by Crippen LogP contribution is 2.19. The number of hydrogen-bond donors (Lipinski definition) is 2. The minimum Gasteiger partial charge on any atom is -0.494 e. The van der Waals surface area contributed by atoms with Gasteiger partial charge >= 0.3 is 0 Å². The van der Waals surface area contributed by atoms with Crippen molar-refractivity contribution in [2.24, 2.45) is 0 Å². The predicted molar refractivity (Wildman–Crippen MR) is 107 cm³/mol. The Bertz CT molecular complexity index is 964. The van der Waals surface area contributed by atoms with E-state index in [4.69, 9.17) is 9.47 Å². The number of carbonyl (C=O) groups is 2. The molecule has 0 aliphatic carbocycles. The van der Waals surface area contributed by atoms with E-state index >= 15 is 0 Å². The van der Waals surface area contributed by atoms with E-state index in [1.165, 1.54) is 0 Å². The molecule has 0 aliphatic heterocycles. The lowest BCUT2D eigenvalue weighted by Gasteiger charge is -2.16. The molecule has 0 fully saturated rings. The van der Waals surface area contributed by atoms with Crippen molar-refractivity contribution in [3.05, 3.63) is 72.3 Å². The molecule has 1 atom stereocenters. The van der Waals surface area contributed by atoms with Gasteiger partial charge in [-0.05, 0) is 55.0 Å². The molecule has 0 saturated carbocycles. The lowest BCUT2D eigenvalue weighted by Crippen LogP contribution is -2.47. The molecule has 0 spiro atoms. The molecule has 6 nitrogen and oxygen atoms in total. The summed E-state index contributed by atoms with van der Waals surface area (Å²) in [6, 6.07) is 20.0.